The van der Waals surface area contributed by atoms with Gasteiger partial charge in [-0.05, 0) is 32.5 Å². The maximum atomic E-state index is 5.60. The third kappa shape index (κ3) is 3.01. The van der Waals surface area contributed by atoms with Crippen LogP contribution in [0.25, 0.3) is 11.1 Å². The summed E-state index contributed by atoms with van der Waals surface area (Å²) in [4.78, 5) is 6.71. The van der Waals surface area contributed by atoms with Crippen LogP contribution < -0.4 is 5.32 Å². The molecule has 0 spiro atoms. The van der Waals surface area contributed by atoms with Gasteiger partial charge in [0.25, 0.3) is 6.01 Å². The first-order valence-electron chi connectivity index (χ1n) is 6.50. The Bertz CT molecular complexity index is 461. The van der Waals surface area contributed by atoms with Crippen LogP contribution in [0.5, 0.6) is 0 Å². The number of hydrogen-bond acceptors (Lipinski definition) is 4. The number of anilines is 1. The van der Waals surface area contributed by atoms with Crippen LogP contribution in [0.2, 0.25) is 0 Å². The molecule has 2 aromatic rings. The summed E-state index contributed by atoms with van der Waals surface area (Å²) < 4.78 is 5.60. The van der Waals surface area contributed by atoms with Gasteiger partial charge in [0.1, 0.15) is 5.52 Å². The summed E-state index contributed by atoms with van der Waals surface area (Å²) in [6, 6.07) is 9.01. The molecule has 0 fully saturated rings. The minimum Gasteiger partial charge on any atom is -0.424 e. The molecule has 18 heavy (non-hydrogen) atoms. The van der Waals surface area contributed by atoms with Gasteiger partial charge >= 0.3 is 0 Å². The zero-order valence-corrected chi connectivity index (χ0v) is 11.3. The van der Waals surface area contributed by atoms with Crippen LogP contribution >= 0.6 is 0 Å². The van der Waals surface area contributed by atoms with E-state index in [4.69, 9.17) is 4.42 Å². The van der Waals surface area contributed by atoms with Crippen LogP contribution in [0.1, 0.15) is 20.3 Å². The second kappa shape index (κ2) is 5.87. The summed E-state index contributed by atoms with van der Waals surface area (Å²) in [6.07, 6.45) is 1.17. The van der Waals surface area contributed by atoms with Crippen LogP contribution in [-0.4, -0.2) is 36.1 Å². The molecule has 1 atom stereocenters. The number of nitrogens with one attached hydrogen (secondary N) is 1. The predicted octanol–water partition coefficient (Wildman–Crippen LogP) is 2.97. The number of rotatable bonds is 6. The van der Waals surface area contributed by atoms with Gasteiger partial charge in [0.2, 0.25) is 0 Å². The summed E-state index contributed by atoms with van der Waals surface area (Å²) in [5.41, 5.74) is 1.73. The van der Waals surface area contributed by atoms with E-state index < -0.39 is 0 Å². The normalized spacial score (nSPS) is 13.1. The van der Waals surface area contributed by atoms with Gasteiger partial charge in [-0.2, -0.15) is 4.98 Å². The quantitative estimate of drug-likeness (QED) is 0.852. The molecule has 1 aromatic carbocycles. The number of nitrogens with zero attached hydrogens (tertiary/aromatic N) is 2. The molecule has 1 aromatic heterocycles. The maximum Gasteiger partial charge on any atom is 0.295 e. The lowest BCUT2D eigenvalue weighted by atomic mass is 10.2. The maximum absolute atomic E-state index is 5.60. The van der Waals surface area contributed by atoms with E-state index in [0.29, 0.717) is 12.1 Å². The molecule has 1 N–H and O–H groups in total. The number of oxazole rings is 1. The van der Waals surface area contributed by atoms with Crippen molar-refractivity contribution in [1.82, 2.24) is 9.88 Å². The molecule has 0 aliphatic heterocycles. The lowest BCUT2D eigenvalue weighted by molar-refractivity contribution is 0.261. The fourth-order valence-electron chi connectivity index (χ4n) is 1.82. The highest BCUT2D eigenvalue weighted by Gasteiger charge is 2.07. The fraction of sp³-hybridized carbons (Fsp3) is 0.500. The Morgan fingerprint density at radius 3 is 2.89 bits per heavy atom. The van der Waals surface area contributed by atoms with Crippen LogP contribution in [-0.2, 0) is 0 Å². The molecule has 98 valence electrons. The summed E-state index contributed by atoms with van der Waals surface area (Å²) in [7, 11) is 2.14. The number of likely N-dealkylation sites (N-methyl/N-ethyl adjacent to an activating group) is 1. The minimum absolute atomic E-state index is 0.605. The first kappa shape index (κ1) is 12.9. The molecule has 1 heterocycles. The Kier molecular flexibility index (Phi) is 4.20. The Balaban J connectivity index is 1.87. The molecule has 0 aliphatic carbocycles. The van der Waals surface area contributed by atoms with Crippen molar-refractivity contribution in [2.24, 2.45) is 0 Å². The number of aromatic nitrogens is 1. The average molecular weight is 247 g/mol. The predicted molar refractivity (Wildman–Crippen MR) is 74.9 cm³/mol. The van der Waals surface area contributed by atoms with Crippen molar-refractivity contribution in [2.45, 2.75) is 26.3 Å². The van der Waals surface area contributed by atoms with E-state index >= 15 is 0 Å². The molecule has 0 radical (unpaired) electrons. The monoisotopic (exact) mass is 247 g/mol. The minimum atomic E-state index is 0.605. The molecule has 0 saturated heterocycles. The SMILES string of the molecule is CCC(C)N(C)CCNc1nc2ccccc2o1. The molecule has 4 nitrogen and oxygen atoms in total. The van der Waals surface area contributed by atoms with Crippen molar-refractivity contribution in [3.05, 3.63) is 24.3 Å². The van der Waals surface area contributed by atoms with Gasteiger partial charge in [0.05, 0.1) is 0 Å². The molecule has 0 bridgehead atoms. The smallest absolute Gasteiger partial charge is 0.295 e. The van der Waals surface area contributed by atoms with Crippen molar-refractivity contribution in [3.8, 4) is 0 Å². The van der Waals surface area contributed by atoms with Gasteiger partial charge in [-0.25, -0.2) is 0 Å². The van der Waals surface area contributed by atoms with E-state index in [-0.39, 0.29) is 0 Å². The van der Waals surface area contributed by atoms with Crippen molar-refractivity contribution < 1.29 is 4.42 Å². The lowest BCUT2D eigenvalue weighted by Gasteiger charge is -2.23. The average Bonchev–Trinajstić information content (AvgIpc) is 2.80. The van der Waals surface area contributed by atoms with Crippen LogP contribution in [0.15, 0.2) is 28.7 Å². The highest BCUT2D eigenvalue weighted by atomic mass is 16.4. The Hall–Kier alpha value is -1.55. The van der Waals surface area contributed by atoms with Gasteiger partial charge in [0.15, 0.2) is 5.58 Å². The Morgan fingerprint density at radius 2 is 2.17 bits per heavy atom. The van der Waals surface area contributed by atoms with Gasteiger partial charge < -0.3 is 14.6 Å². The number of hydrogen-bond donors (Lipinski definition) is 1. The lowest BCUT2D eigenvalue weighted by Crippen LogP contribution is -2.32. The van der Waals surface area contributed by atoms with Crippen molar-refractivity contribution >= 4 is 17.1 Å². The van der Waals surface area contributed by atoms with Crippen LogP contribution in [0.4, 0.5) is 6.01 Å². The van der Waals surface area contributed by atoms with Gasteiger partial charge in [-0.1, -0.05) is 19.1 Å². The highest BCUT2D eigenvalue weighted by molar-refractivity contribution is 5.74. The van der Waals surface area contributed by atoms with Crippen molar-refractivity contribution in [2.75, 3.05) is 25.5 Å². The molecular weight excluding hydrogens is 226 g/mol. The van der Waals surface area contributed by atoms with E-state index in [9.17, 15) is 0 Å². The molecule has 0 saturated carbocycles. The number of benzene rings is 1. The number of fused-ring (bicyclic) bond motifs is 1. The van der Waals surface area contributed by atoms with Gasteiger partial charge in [0, 0.05) is 19.1 Å². The molecule has 1 unspecified atom stereocenters. The topological polar surface area (TPSA) is 41.3 Å². The fourth-order valence-corrected chi connectivity index (χ4v) is 1.82. The Morgan fingerprint density at radius 1 is 1.39 bits per heavy atom. The van der Waals surface area contributed by atoms with E-state index in [1.165, 1.54) is 6.42 Å². The summed E-state index contributed by atoms with van der Waals surface area (Å²) in [6.45, 7) is 6.26. The van der Waals surface area contributed by atoms with Crippen LogP contribution in [0, 0.1) is 0 Å². The summed E-state index contributed by atoms with van der Waals surface area (Å²) >= 11 is 0. The summed E-state index contributed by atoms with van der Waals surface area (Å²) in [5, 5.41) is 3.22. The first-order chi connectivity index (χ1) is 8.70. The van der Waals surface area contributed by atoms with Crippen LogP contribution in [0.3, 0.4) is 0 Å². The molecule has 0 amide bonds. The van der Waals surface area contributed by atoms with Gasteiger partial charge in [-0.3, -0.25) is 0 Å². The van der Waals surface area contributed by atoms with Crippen molar-refractivity contribution in [1.29, 1.82) is 0 Å². The molecule has 4 heteroatoms. The summed E-state index contributed by atoms with van der Waals surface area (Å²) in [5.74, 6) is 0. The zero-order chi connectivity index (χ0) is 13.0. The first-order valence-corrected chi connectivity index (χ1v) is 6.50. The third-order valence-electron chi connectivity index (χ3n) is 3.38. The Labute approximate surface area is 108 Å². The van der Waals surface area contributed by atoms with E-state index in [1.54, 1.807) is 0 Å². The van der Waals surface area contributed by atoms with E-state index in [2.05, 4.69) is 36.1 Å². The van der Waals surface area contributed by atoms with Crippen molar-refractivity contribution in [3.63, 3.8) is 0 Å². The second-order valence-corrected chi connectivity index (χ2v) is 4.65. The number of para-hydroxylation sites is 2. The molecule has 2 rings (SSSR count). The zero-order valence-electron chi connectivity index (χ0n) is 11.3. The third-order valence-corrected chi connectivity index (χ3v) is 3.38. The standard InChI is InChI=1S/C14H21N3O/c1-4-11(2)17(3)10-9-15-14-16-12-7-5-6-8-13(12)18-14/h5-8,11H,4,9-10H2,1-3H3,(H,15,16). The largest absolute Gasteiger partial charge is 0.424 e. The van der Waals surface area contributed by atoms with E-state index in [0.717, 1.165) is 24.2 Å². The molecule has 0 aliphatic rings. The second-order valence-electron chi connectivity index (χ2n) is 4.65. The van der Waals surface area contributed by atoms with E-state index in [1.807, 2.05) is 24.3 Å². The van der Waals surface area contributed by atoms with Gasteiger partial charge in [-0.15, -0.1) is 0 Å². The molecular formula is C14H21N3O. The highest BCUT2D eigenvalue weighted by Crippen LogP contribution is 2.17.